The first-order valence-corrected chi connectivity index (χ1v) is 4.06. The molecule has 1 heterocycles. The van der Waals surface area contributed by atoms with Gasteiger partial charge in [-0.15, -0.1) is 5.10 Å². The summed E-state index contributed by atoms with van der Waals surface area (Å²) >= 11 is 22.3. The fourth-order valence-electron chi connectivity index (χ4n) is 0.632. The zero-order valence-electron chi connectivity index (χ0n) is 5.35. The van der Waals surface area contributed by atoms with Crippen molar-refractivity contribution in [2.45, 2.75) is 3.79 Å². The van der Waals surface area contributed by atoms with Crippen LogP contribution in [0.2, 0.25) is 5.15 Å². The summed E-state index contributed by atoms with van der Waals surface area (Å²) in [6.07, 6.45) is 0. The van der Waals surface area contributed by atoms with Crippen LogP contribution in [0, 0.1) is 0 Å². The molecular weight excluding hydrogens is 232 g/mol. The number of alkyl halides is 3. The smallest absolute Gasteiger partial charge is 0.235 e. The van der Waals surface area contributed by atoms with Gasteiger partial charge in [0.2, 0.25) is 3.79 Å². The first-order valence-electron chi connectivity index (χ1n) is 2.55. The van der Waals surface area contributed by atoms with Crippen molar-refractivity contribution in [3.05, 3.63) is 10.8 Å². The Morgan fingerprint density at radius 3 is 2.09 bits per heavy atom. The first kappa shape index (κ1) is 9.39. The molecule has 0 amide bonds. The van der Waals surface area contributed by atoms with E-state index in [1.54, 1.807) is 7.05 Å². The second-order valence-corrected chi connectivity index (χ2v) is 4.49. The molecule has 0 aromatic carbocycles. The van der Waals surface area contributed by atoms with Gasteiger partial charge >= 0.3 is 0 Å². The molecule has 0 fully saturated rings. The molecule has 3 nitrogen and oxygen atoms in total. The topological polar surface area (TPSA) is 30.7 Å². The summed E-state index contributed by atoms with van der Waals surface area (Å²) in [6.45, 7) is 0. The number of nitrogens with zero attached hydrogens (tertiary/aromatic N) is 3. The number of aromatic nitrogens is 3. The van der Waals surface area contributed by atoms with E-state index in [2.05, 4.69) is 10.3 Å². The predicted molar refractivity (Wildman–Crippen MR) is 45.3 cm³/mol. The Labute approximate surface area is 83.2 Å². The molecule has 7 heteroatoms. The fourth-order valence-corrected chi connectivity index (χ4v) is 1.71. The van der Waals surface area contributed by atoms with Gasteiger partial charge < -0.3 is 0 Å². The molecule has 0 aliphatic carbocycles. The van der Waals surface area contributed by atoms with Gasteiger partial charge in [-0.25, -0.2) is 4.68 Å². The highest BCUT2D eigenvalue weighted by atomic mass is 35.6. The standard InChI is InChI=1S/C4H3Cl4N3/c1-11-2(4(6,7)8)3(5)9-10-11/h1H3. The highest BCUT2D eigenvalue weighted by Crippen LogP contribution is 2.40. The van der Waals surface area contributed by atoms with Crippen LogP contribution in [0.1, 0.15) is 5.69 Å². The highest BCUT2D eigenvalue weighted by molar-refractivity contribution is 6.67. The van der Waals surface area contributed by atoms with Crippen LogP contribution in [-0.4, -0.2) is 15.0 Å². The Morgan fingerprint density at radius 2 is 1.91 bits per heavy atom. The second-order valence-electron chi connectivity index (χ2n) is 1.85. The van der Waals surface area contributed by atoms with E-state index in [4.69, 9.17) is 46.4 Å². The number of halogens is 4. The first-order chi connectivity index (χ1) is 4.93. The van der Waals surface area contributed by atoms with Crippen molar-refractivity contribution in [1.82, 2.24) is 15.0 Å². The van der Waals surface area contributed by atoms with Gasteiger partial charge in [0.05, 0.1) is 0 Å². The molecule has 0 aliphatic rings. The van der Waals surface area contributed by atoms with Crippen molar-refractivity contribution >= 4 is 46.4 Å². The lowest BCUT2D eigenvalue weighted by Gasteiger charge is -2.09. The summed E-state index contributed by atoms with van der Waals surface area (Å²) in [5, 5.41) is 7.18. The van der Waals surface area contributed by atoms with Gasteiger partial charge in [-0.3, -0.25) is 0 Å². The number of rotatable bonds is 0. The van der Waals surface area contributed by atoms with Gasteiger partial charge in [0.1, 0.15) is 5.69 Å². The minimum Gasteiger partial charge on any atom is -0.246 e. The van der Waals surface area contributed by atoms with E-state index in [-0.39, 0.29) is 10.8 Å². The molecule has 1 aromatic rings. The van der Waals surface area contributed by atoms with Gasteiger partial charge in [0, 0.05) is 7.05 Å². The lowest BCUT2D eigenvalue weighted by molar-refractivity contribution is 0.684. The van der Waals surface area contributed by atoms with Gasteiger partial charge in [-0.2, -0.15) is 0 Å². The molecule has 0 saturated carbocycles. The molecule has 62 valence electrons. The second kappa shape index (κ2) is 2.98. The van der Waals surface area contributed by atoms with E-state index in [1.165, 1.54) is 4.68 Å². The maximum absolute atomic E-state index is 5.58. The van der Waals surface area contributed by atoms with Crippen LogP contribution in [-0.2, 0) is 10.8 Å². The predicted octanol–water partition coefficient (Wildman–Crippen LogP) is 2.30. The van der Waals surface area contributed by atoms with Gasteiger partial charge in [-0.1, -0.05) is 51.6 Å². The van der Waals surface area contributed by atoms with Crippen LogP contribution in [0.4, 0.5) is 0 Å². The minimum absolute atomic E-state index is 0.104. The summed E-state index contributed by atoms with van der Waals surface area (Å²) in [5.74, 6) is 0. The Hall–Kier alpha value is 0.300. The molecule has 0 unspecified atom stereocenters. The van der Waals surface area contributed by atoms with Crippen LogP contribution in [0.5, 0.6) is 0 Å². The number of aryl methyl sites for hydroxylation is 1. The van der Waals surface area contributed by atoms with Gasteiger partial charge in [0.15, 0.2) is 5.15 Å². The lowest BCUT2D eigenvalue weighted by atomic mass is 10.5. The minimum atomic E-state index is -1.57. The van der Waals surface area contributed by atoms with Crippen LogP contribution in [0.3, 0.4) is 0 Å². The fraction of sp³-hybridized carbons (Fsp3) is 0.500. The largest absolute Gasteiger partial charge is 0.246 e. The van der Waals surface area contributed by atoms with Crippen LogP contribution >= 0.6 is 46.4 Å². The Kier molecular flexibility index (Phi) is 2.54. The average molecular weight is 235 g/mol. The molecule has 0 saturated heterocycles. The molecule has 0 radical (unpaired) electrons. The van der Waals surface area contributed by atoms with E-state index in [9.17, 15) is 0 Å². The number of hydrogen-bond donors (Lipinski definition) is 0. The third kappa shape index (κ3) is 1.90. The van der Waals surface area contributed by atoms with Crippen molar-refractivity contribution in [1.29, 1.82) is 0 Å². The van der Waals surface area contributed by atoms with Crippen molar-refractivity contribution in [3.63, 3.8) is 0 Å². The van der Waals surface area contributed by atoms with Crippen molar-refractivity contribution in [3.8, 4) is 0 Å². The van der Waals surface area contributed by atoms with E-state index >= 15 is 0 Å². The molecule has 1 aromatic heterocycles. The van der Waals surface area contributed by atoms with Crippen LogP contribution < -0.4 is 0 Å². The highest BCUT2D eigenvalue weighted by Gasteiger charge is 2.30. The molecule has 1 rings (SSSR count). The zero-order valence-corrected chi connectivity index (χ0v) is 8.38. The summed E-state index contributed by atoms with van der Waals surface area (Å²) in [5.41, 5.74) is 0.268. The Morgan fingerprint density at radius 1 is 1.36 bits per heavy atom. The summed E-state index contributed by atoms with van der Waals surface area (Å²) < 4.78 is -0.259. The van der Waals surface area contributed by atoms with Gasteiger partial charge in [-0.05, 0) is 0 Å². The van der Waals surface area contributed by atoms with E-state index < -0.39 is 3.79 Å². The van der Waals surface area contributed by atoms with Gasteiger partial charge in [0.25, 0.3) is 0 Å². The zero-order chi connectivity index (χ0) is 8.65. The van der Waals surface area contributed by atoms with Crippen molar-refractivity contribution < 1.29 is 0 Å². The molecule has 0 atom stereocenters. The lowest BCUT2D eigenvalue weighted by Crippen LogP contribution is -2.08. The van der Waals surface area contributed by atoms with E-state index in [0.29, 0.717) is 0 Å². The summed E-state index contributed by atoms with van der Waals surface area (Å²) in [7, 11) is 1.59. The third-order valence-corrected chi connectivity index (χ3v) is 1.85. The van der Waals surface area contributed by atoms with Crippen LogP contribution in [0.25, 0.3) is 0 Å². The van der Waals surface area contributed by atoms with Crippen LogP contribution in [0.15, 0.2) is 0 Å². The Balaban J connectivity index is 3.21. The number of hydrogen-bond acceptors (Lipinski definition) is 2. The van der Waals surface area contributed by atoms with Crippen molar-refractivity contribution in [2.75, 3.05) is 0 Å². The monoisotopic (exact) mass is 233 g/mol. The normalized spacial score (nSPS) is 12.1. The molecule has 0 aliphatic heterocycles. The maximum Gasteiger partial charge on any atom is 0.235 e. The Bertz CT molecular complexity index is 243. The molecule has 0 bridgehead atoms. The molecule has 11 heavy (non-hydrogen) atoms. The summed E-state index contributed by atoms with van der Waals surface area (Å²) in [6, 6.07) is 0. The van der Waals surface area contributed by atoms with E-state index in [0.717, 1.165) is 0 Å². The van der Waals surface area contributed by atoms with E-state index in [1.807, 2.05) is 0 Å². The maximum atomic E-state index is 5.58. The quantitative estimate of drug-likeness (QED) is 0.645. The summed E-state index contributed by atoms with van der Waals surface area (Å²) in [4.78, 5) is 0. The molecule has 0 spiro atoms. The molecular formula is C4H3Cl4N3. The third-order valence-electron chi connectivity index (χ3n) is 1.05. The molecule has 0 N–H and O–H groups in total. The van der Waals surface area contributed by atoms with Crippen molar-refractivity contribution in [2.24, 2.45) is 7.05 Å². The average Bonchev–Trinajstić information content (AvgIpc) is 2.08. The SMILES string of the molecule is Cn1nnc(Cl)c1C(Cl)(Cl)Cl.